The number of carbonyl (C=O) groups is 1. The first-order valence-electron chi connectivity index (χ1n) is 9.88. The highest BCUT2D eigenvalue weighted by atomic mass is 35.5. The van der Waals surface area contributed by atoms with Gasteiger partial charge in [-0.25, -0.2) is 0 Å². The van der Waals surface area contributed by atoms with Crippen LogP contribution >= 0.6 is 11.6 Å². The normalized spacial score (nSPS) is 45.0. The Morgan fingerprint density at radius 3 is 2.52 bits per heavy atom. The molecule has 4 aliphatic rings. The van der Waals surface area contributed by atoms with Crippen molar-refractivity contribution in [1.29, 1.82) is 0 Å². The van der Waals surface area contributed by atoms with Crippen molar-refractivity contribution in [1.82, 2.24) is 0 Å². The Kier molecular flexibility index (Phi) is 4.40. The van der Waals surface area contributed by atoms with Crippen LogP contribution in [-0.2, 0) is 4.79 Å². The van der Waals surface area contributed by atoms with Gasteiger partial charge in [-0.2, -0.15) is 13.2 Å². The van der Waals surface area contributed by atoms with Crippen LogP contribution < -0.4 is 0 Å². The van der Waals surface area contributed by atoms with Crippen LogP contribution in [-0.4, -0.2) is 23.2 Å². The van der Waals surface area contributed by atoms with Crippen molar-refractivity contribution < 1.29 is 23.1 Å². The smallest absolute Gasteiger partial charge is 0.387 e. The first-order valence-corrected chi connectivity index (χ1v) is 10.3. The van der Waals surface area contributed by atoms with E-state index in [2.05, 4.69) is 6.92 Å². The first kappa shape index (κ1) is 19.5. The van der Waals surface area contributed by atoms with E-state index >= 15 is 0 Å². The van der Waals surface area contributed by atoms with E-state index in [0.29, 0.717) is 29.9 Å². The molecule has 0 aromatic carbocycles. The average molecular weight is 403 g/mol. The lowest BCUT2D eigenvalue weighted by atomic mass is 9.44. The highest BCUT2D eigenvalue weighted by Gasteiger charge is 2.60. The monoisotopic (exact) mass is 402 g/mol. The average Bonchev–Trinajstić information content (AvgIpc) is 2.58. The molecule has 0 radical (unpaired) electrons. The molecule has 0 saturated heterocycles. The summed E-state index contributed by atoms with van der Waals surface area (Å²) in [5.74, 6) is -0.130. The predicted octanol–water partition coefficient (Wildman–Crippen LogP) is 5.54. The Morgan fingerprint density at radius 2 is 1.85 bits per heavy atom. The molecule has 2 nitrogen and oxygen atoms in total. The van der Waals surface area contributed by atoms with E-state index in [9.17, 15) is 23.1 Å². The fourth-order valence-electron chi connectivity index (χ4n) is 6.84. The van der Waals surface area contributed by atoms with E-state index in [1.807, 2.05) is 13.0 Å². The molecule has 150 valence electrons. The highest BCUT2D eigenvalue weighted by molar-refractivity contribution is 6.30. The second-order valence-electron chi connectivity index (χ2n) is 9.38. The van der Waals surface area contributed by atoms with Crippen molar-refractivity contribution in [3.05, 3.63) is 22.3 Å². The van der Waals surface area contributed by atoms with Crippen LogP contribution in [0.2, 0.25) is 0 Å². The zero-order chi connectivity index (χ0) is 19.8. The third kappa shape index (κ3) is 2.67. The zero-order valence-corrected chi connectivity index (χ0v) is 16.5. The van der Waals surface area contributed by atoms with Gasteiger partial charge in [0.05, 0.1) is 11.7 Å². The minimum Gasteiger partial charge on any atom is -0.387 e. The molecular formula is C21H26ClF3O2. The molecule has 0 amide bonds. The minimum atomic E-state index is -4.57. The number of aliphatic hydroxyl groups excluding tert-OH is 1. The molecule has 1 N–H and O–H groups in total. The molecule has 27 heavy (non-hydrogen) atoms. The van der Waals surface area contributed by atoms with Crippen molar-refractivity contribution >= 4 is 17.4 Å². The fourth-order valence-corrected chi connectivity index (χ4v) is 7.18. The van der Waals surface area contributed by atoms with Crippen molar-refractivity contribution in [2.45, 2.75) is 71.1 Å². The standard InChI is InChI=1S/C21H26ClF3O2/c1-19-10-8-16(26)17(21(23,24)25)14(19)4-3-11-12-5-6-15(22)18(27)20(12,2)9-7-13(11)19/h6,11-13,18,27H,3-5,7-10H2,1-2H3/t11-,12-,13-,18?,19+,20-/m0/s1. The molecule has 0 spiro atoms. The summed E-state index contributed by atoms with van der Waals surface area (Å²) in [7, 11) is 0. The summed E-state index contributed by atoms with van der Waals surface area (Å²) in [4.78, 5) is 12.1. The second kappa shape index (κ2) is 6.09. The van der Waals surface area contributed by atoms with Gasteiger partial charge in [-0.15, -0.1) is 0 Å². The molecular weight excluding hydrogens is 377 g/mol. The van der Waals surface area contributed by atoms with Crippen LogP contribution in [0.3, 0.4) is 0 Å². The zero-order valence-electron chi connectivity index (χ0n) is 15.7. The maximum atomic E-state index is 13.6. The maximum absolute atomic E-state index is 13.6. The largest absolute Gasteiger partial charge is 0.419 e. The molecule has 6 atom stereocenters. The van der Waals surface area contributed by atoms with Gasteiger partial charge in [0.15, 0.2) is 5.78 Å². The molecule has 0 heterocycles. The third-order valence-corrected chi connectivity index (χ3v) is 8.66. The van der Waals surface area contributed by atoms with Crippen LogP contribution in [0.5, 0.6) is 0 Å². The Morgan fingerprint density at radius 1 is 1.15 bits per heavy atom. The van der Waals surface area contributed by atoms with Gasteiger partial charge in [-0.1, -0.05) is 31.5 Å². The molecule has 4 aliphatic carbocycles. The molecule has 0 bridgehead atoms. The molecule has 0 aliphatic heterocycles. The molecule has 0 aromatic heterocycles. The van der Waals surface area contributed by atoms with Crippen LogP contribution in [0.4, 0.5) is 13.2 Å². The van der Waals surface area contributed by atoms with E-state index < -0.39 is 29.1 Å². The fraction of sp³-hybridized carbons (Fsp3) is 0.762. The number of fused-ring (bicyclic) bond motifs is 5. The minimum absolute atomic E-state index is 0.0195. The van der Waals surface area contributed by atoms with Crippen LogP contribution in [0.15, 0.2) is 22.3 Å². The Hall–Kier alpha value is -0.810. The summed E-state index contributed by atoms with van der Waals surface area (Å²) < 4.78 is 40.9. The number of alkyl halides is 3. The first-order chi connectivity index (χ1) is 12.5. The summed E-state index contributed by atoms with van der Waals surface area (Å²) in [5.41, 5.74) is -1.41. The number of carbonyl (C=O) groups excluding carboxylic acids is 1. The topological polar surface area (TPSA) is 37.3 Å². The lowest BCUT2D eigenvalue weighted by Crippen LogP contribution is -2.55. The SMILES string of the molecule is C[C@]12CCC(=O)C(C(F)(F)F)=C1CC[C@@H]1[C@@H]2CC[C@]2(C)C(O)C(Cl)=CC[C@@H]12. The van der Waals surface area contributed by atoms with Crippen LogP contribution in [0, 0.1) is 28.6 Å². The van der Waals surface area contributed by atoms with Crippen molar-refractivity contribution in [3.63, 3.8) is 0 Å². The predicted molar refractivity (Wildman–Crippen MR) is 97.0 cm³/mol. The van der Waals surface area contributed by atoms with Gasteiger partial charge >= 0.3 is 6.18 Å². The summed E-state index contributed by atoms with van der Waals surface area (Å²) in [5, 5.41) is 11.2. The molecule has 2 fully saturated rings. The quantitative estimate of drug-likeness (QED) is 0.577. The number of halogens is 4. The van der Waals surface area contributed by atoms with Crippen molar-refractivity contribution in [2.24, 2.45) is 28.6 Å². The van der Waals surface area contributed by atoms with Crippen molar-refractivity contribution in [3.8, 4) is 0 Å². The summed E-state index contributed by atoms with van der Waals surface area (Å²) in [6.45, 7) is 4.02. The van der Waals surface area contributed by atoms with E-state index in [-0.39, 0.29) is 29.6 Å². The van der Waals surface area contributed by atoms with Gasteiger partial charge in [-0.3, -0.25) is 4.79 Å². The molecule has 6 heteroatoms. The molecule has 4 rings (SSSR count). The summed E-state index contributed by atoms with van der Waals surface area (Å²) in [6.07, 6.45) is 0.399. The molecule has 0 aromatic rings. The van der Waals surface area contributed by atoms with Gasteiger partial charge in [-0.05, 0) is 67.3 Å². The van der Waals surface area contributed by atoms with E-state index in [1.165, 1.54) is 0 Å². The van der Waals surface area contributed by atoms with Gasteiger partial charge in [0.1, 0.15) is 0 Å². The molecule has 1 unspecified atom stereocenters. The number of Topliss-reactive ketones (excluding diaryl/α,β-unsaturated/α-hetero) is 1. The van der Waals surface area contributed by atoms with Gasteiger partial charge in [0.25, 0.3) is 0 Å². The van der Waals surface area contributed by atoms with E-state index in [1.54, 1.807) is 0 Å². The maximum Gasteiger partial charge on any atom is 0.419 e. The van der Waals surface area contributed by atoms with Gasteiger partial charge in [0.2, 0.25) is 0 Å². The van der Waals surface area contributed by atoms with Gasteiger partial charge < -0.3 is 5.11 Å². The Bertz CT molecular complexity index is 740. The third-order valence-electron chi connectivity index (χ3n) is 8.30. The van der Waals surface area contributed by atoms with Crippen LogP contribution in [0.25, 0.3) is 0 Å². The van der Waals surface area contributed by atoms with E-state index in [0.717, 1.165) is 19.3 Å². The second-order valence-corrected chi connectivity index (χ2v) is 9.82. The highest BCUT2D eigenvalue weighted by Crippen LogP contribution is 2.65. The lowest BCUT2D eigenvalue weighted by Gasteiger charge is -2.60. The Labute approximate surface area is 162 Å². The number of hydrogen-bond donors (Lipinski definition) is 1. The van der Waals surface area contributed by atoms with Crippen LogP contribution in [0.1, 0.15) is 58.8 Å². The molecule has 2 saturated carbocycles. The number of allylic oxidation sites excluding steroid dienone is 3. The number of hydrogen-bond acceptors (Lipinski definition) is 2. The number of rotatable bonds is 0. The Balaban J connectivity index is 1.76. The van der Waals surface area contributed by atoms with Gasteiger partial charge in [0, 0.05) is 16.9 Å². The summed E-state index contributed by atoms with van der Waals surface area (Å²) in [6, 6.07) is 0. The van der Waals surface area contributed by atoms with Crippen molar-refractivity contribution in [2.75, 3.05) is 0 Å². The summed E-state index contributed by atoms with van der Waals surface area (Å²) >= 11 is 6.22. The number of ketones is 1. The lowest BCUT2D eigenvalue weighted by molar-refractivity contribution is -0.137. The van der Waals surface area contributed by atoms with E-state index in [4.69, 9.17) is 11.6 Å². The number of aliphatic hydroxyl groups is 1.